The molecule has 2 amide bonds. The van der Waals surface area contributed by atoms with Crippen LogP contribution in [-0.4, -0.2) is 18.0 Å². The van der Waals surface area contributed by atoms with Gasteiger partial charge in [-0.3, -0.25) is 9.59 Å². The second-order valence-corrected chi connectivity index (χ2v) is 7.14. The van der Waals surface area contributed by atoms with Crippen LogP contribution in [-0.2, 0) is 9.59 Å². The molecular formula is C14H21N3O3. The van der Waals surface area contributed by atoms with Gasteiger partial charge >= 0.3 is 0 Å². The molecule has 0 aromatic rings. The molecule has 0 heterocycles. The zero-order valence-electron chi connectivity index (χ0n) is 11.7. The molecule has 5 atom stereocenters. The first-order valence-electron chi connectivity index (χ1n) is 7.32. The van der Waals surface area contributed by atoms with Gasteiger partial charge in [-0.05, 0) is 62.5 Å². The largest absolute Gasteiger partial charge is 0.369 e. The summed E-state index contributed by atoms with van der Waals surface area (Å²) >= 11 is 0. The Morgan fingerprint density at radius 1 is 1.20 bits per heavy atom. The summed E-state index contributed by atoms with van der Waals surface area (Å²) in [5.41, 5.74) is 4.62. The molecule has 4 fully saturated rings. The molecule has 0 saturated heterocycles. The third kappa shape index (κ3) is 1.84. The normalized spacial score (nSPS) is 43.0. The molecule has 0 spiro atoms. The van der Waals surface area contributed by atoms with Crippen molar-refractivity contribution in [1.29, 1.82) is 0 Å². The lowest BCUT2D eigenvalue weighted by atomic mass is 9.43. The molecule has 4 aliphatic carbocycles. The number of nitrogens with zero attached hydrogens (tertiary/aromatic N) is 1. The summed E-state index contributed by atoms with van der Waals surface area (Å²) < 4.78 is 0. The third-order valence-electron chi connectivity index (χ3n) is 5.56. The zero-order valence-corrected chi connectivity index (χ0v) is 11.7. The van der Waals surface area contributed by atoms with Crippen LogP contribution in [0.2, 0.25) is 0 Å². The van der Waals surface area contributed by atoms with E-state index in [0.29, 0.717) is 18.3 Å². The average Bonchev–Trinajstić information content (AvgIpc) is 2.36. The van der Waals surface area contributed by atoms with Gasteiger partial charge in [0.25, 0.3) is 0 Å². The van der Waals surface area contributed by atoms with Crippen molar-refractivity contribution < 1.29 is 9.59 Å². The maximum absolute atomic E-state index is 12.6. The van der Waals surface area contributed by atoms with E-state index < -0.39 is 17.0 Å². The standard InChI is InChI=1S/C14H21N3O3/c1-8(17-20)16-12(19)14-5-9-2-10(6-14)4-13(3-9,7-14)11(15)18/h8-10H,2-7H2,1H3,(H2,15,18)(H,16,19)/t8?,9-,10?,13?,14?/m0/s1. The monoisotopic (exact) mass is 279 g/mol. The quantitative estimate of drug-likeness (QED) is 0.758. The summed E-state index contributed by atoms with van der Waals surface area (Å²) in [6.45, 7) is 1.56. The predicted molar refractivity (Wildman–Crippen MR) is 72.1 cm³/mol. The fourth-order valence-electron chi connectivity index (χ4n) is 5.19. The molecule has 4 aliphatic rings. The molecule has 4 unspecified atom stereocenters. The van der Waals surface area contributed by atoms with Crippen molar-refractivity contribution in [3.63, 3.8) is 0 Å². The Morgan fingerprint density at radius 3 is 2.25 bits per heavy atom. The van der Waals surface area contributed by atoms with Crippen LogP contribution in [0.15, 0.2) is 5.18 Å². The molecule has 110 valence electrons. The van der Waals surface area contributed by atoms with Crippen LogP contribution >= 0.6 is 0 Å². The van der Waals surface area contributed by atoms with Crippen LogP contribution in [0.1, 0.15) is 45.4 Å². The Bertz CT molecular complexity index is 462. The maximum Gasteiger partial charge on any atom is 0.228 e. The van der Waals surface area contributed by atoms with E-state index in [1.165, 1.54) is 0 Å². The Kier molecular flexibility index (Phi) is 2.88. The summed E-state index contributed by atoms with van der Waals surface area (Å²) in [5, 5.41) is 5.51. The summed E-state index contributed by atoms with van der Waals surface area (Å²) in [5.74, 6) is 0.442. The van der Waals surface area contributed by atoms with E-state index in [9.17, 15) is 14.5 Å². The van der Waals surface area contributed by atoms with Crippen molar-refractivity contribution in [1.82, 2.24) is 5.32 Å². The third-order valence-corrected chi connectivity index (χ3v) is 5.56. The van der Waals surface area contributed by atoms with Gasteiger partial charge in [0, 0.05) is 0 Å². The Balaban J connectivity index is 1.88. The summed E-state index contributed by atoms with van der Waals surface area (Å²) in [7, 11) is 0. The molecule has 6 heteroatoms. The number of nitroso groups, excluding NO2 is 1. The van der Waals surface area contributed by atoms with Crippen LogP contribution in [0.5, 0.6) is 0 Å². The summed E-state index contributed by atoms with van der Waals surface area (Å²) in [6, 6.07) is 0. The minimum absolute atomic E-state index is 0.121. The van der Waals surface area contributed by atoms with E-state index in [1.54, 1.807) is 6.92 Å². The second-order valence-electron chi connectivity index (χ2n) is 7.14. The number of carbonyl (C=O) groups is 2. The SMILES string of the molecule is CC(N=O)NC(=O)C12CC3C[C@@H](CC(C(N)=O)(C3)C1)C2. The van der Waals surface area contributed by atoms with Crippen molar-refractivity contribution >= 4 is 11.8 Å². The van der Waals surface area contributed by atoms with Crippen molar-refractivity contribution in [3.05, 3.63) is 4.91 Å². The molecule has 3 N–H and O–H groups in total. The highest BCUT2D eigenvalue weighted by molar-refractivity contribution is 5.87. The predicted octanol–water partition coefficient (Wildman–Crippen LogP) is 1.29. The van der Waals surface area contributed by atoms with Gasteiger partial charge < -0.3 is 11.1 Å². The molecule has 0 aromatic carbocycles. The Hall–Kier alpha value is -1.46. The van der Waals surface area contributed by atoms with E-state index in [-0.39, 0.29) is 11.8 Å². The highest BCUT2D eigenvalue weighted by atomic mass is 16.3. The van der Waals surface area contributed by atoms with Crippen molar-refractivity contribution in [2.24, 2.45) is 33.6 Å². The smallest absolute Gasteiger partial charge is 0.228 e. The number of hydrogen-bond donors (Lipinski definition) is 2. The van der Waals surface area contributed by atoms with E-state index in [4.69, 9.17) is 5.73 Å². The molecule has 4 saturated carbocycles. The fraction of sp³-hybridized carbons (Fsp3) is 0.857. The van der Waals surface area contributed by atoms with E-state index in [1.807, 2.05) is 0 Å². The fourth-order valence-corrected chi connectivity index (χ4v) is 5.19. The molecule has 0 radical (unpaired) electrons. The van der Waals surface area contributed by atoms with Crippen LogP contribution in [0.25, 0.3) is 0 Å². The van der Waals surface area contributed by atoms with Gasteiger partial charge in [0.15, 0.2) is 6.17 Å². The van der Waals surface area contributed by atoms with Gasteiger partial charge in [0.05, 0.1) is 10.8 Å². The minimum atomic E-state index is -0.722. The Morgan fingerprint density at radius 2 is 1.75 bits per heavy atom. The number of hydrogen-bond acceptors (Lipinski definition) is 4. The van der Waals surface area contributed by atoms with Crippen molar-refractivity contribution in [2.75, 3.05) is 0 Å². The van der Waals surface area contributed by atoms with Crippen LogP contribution in [0.3, 0.4) is 0 Å². The van der Waals surface area contributed by atoms with E-state index in [2.05, 4.69) is 10.5 Å². The summed E-state index contributed by atoms with van der Waals surface area (Å²) in [4.78, 5) is 35.0. The maximum atomic E-state index is 12.6. The number of primary amides is 1. The molecular weight excluding hydrogens is 258 g/mol. The zero-order chi connectivity index (χ0) is 14.5. The van der Waals surface area contributed by atoms with Gasteiger partial charge in [-0.25, -0.2) is 0 Å². The molecule has 0 aliphatic heterocycles. The summed E-state index contributed by atoms with van der Waals surface area (Å²) in [6.07, 6.45) is 4.21. The molecule has 4 bridgehead atoms. The number of nitrogens with one attached hydrogen (secondary N) is 1. The number of nitrogens with two attached hydrogens (primary N) is 1. The van der Waals surface area contributed by atoms with Crippen LogP contribution in [0.4, 0.5) is 0 Å². The van der Waals surface area contributed by atoms with Crippen molar-refractivity contribution in [2.45, 2.75) is 51.6 Å². The van der Waals surface area contributed by atoms with E-state index >= 15 is 0 Å². The molecule has 6 nitrogen and oxygen atoms in total. The average molecular weight is 279 g/mol. The van der Waals surface area contributed by atoms with Gasteiger partial charge in [0.1, 0.15) is 0 Å². The van der Waals surface area contributed by atoms with Gasteiger partial charge in [-0.1, -0.05) is 0 Å². The van der Waals surface area contributed by atoms with Gasteiger partial charge in [0.2, 0.25) is 11.8 Å². The lowest BCUT2D eigenvalue weighted by Crippen LogP contribution is -2.61. The topological polar surface area (TPSA) is 102 Å². The second kappa shape index (κ2) is 4.27. The highest BCUT2D eigenvalue weighted by Gasteiger charge is 2.62. The molecule has 4 rings (SSSR count). The molecule has 20 heavy (non-hydrogen) atoms. The first-order chi connectivity index (χ1) is 9.39. The van der Waals surface area contributed by atoms with Gasteiger partial charge in [-0.2, -0.15) is 0 Å². The van der Waals surface area contributed by atoms with Gasteiger partial charge in [-0.15, -0.1) is 4.91 Å². The lowest BCUT2D eigenvalue weighted by molar-refractivity contribution is -0.165. The minimum Gasteiger partial charge on any atom is -0.369 e. The first-order valence-corrected chi connectivity index (χ1v) is 7.32. The number of rotatable bonds is 4. The van der Waals surface area contributed by atoms with Crippen LogP contribution < -0.4 is 11.1 Å². The Labute approximate surface area is 117 Å². The van der Waals surface area contributed by atoms with Crippen molar-refractivity contribution in [3.8, 4) is 0 Å². The number of amides is 2. The lowest BCUT2D eigenvalue weighted by Gasteiger charge is -2.60. The van der Waals surface area contributed by atoms with Crippen LogP contribution in [0, 0.1) is 27.6 Å². The molecule has 0 aromatic heterocycles. The number of carbonyl (C=O) groups excluding carboxylic acids is 2. The first kappa shape index (κ1) is 13.5. The van der Waals surface area contributed by atoms with E-state index in [0.717, 1.165) is 32.1 Å². The highest BCUT2D eigenvalue weighted by Crippen LogP contribution is 2.65.